The van der Waals surface area contributed by atoms with Gasteiger partial charge in [0, 0.05) is 35.5 Å². The molecule has 0 radical (unpaired) electrons. The van der Waals surface area contributed by atoms with Crippen molar-refractivity contribution in [1.82, 2.24) is 19.5 Å². The van der Waals surface area contributed by atoms with Crippen LogP contribution in [0.3, 0.4) is 0 Å². The number of hydrogen-bond donors (Lipinski definition) is 4. The minimum Gasteiger partial charge on any atom is -0.481 e. The van der Waals surface area contributed by atoms with Gasteiger partial charge in [-0.15, -0.1) is 0 Å². The number of hydrogen-bond acceptors (Lipinski definition) is 7. The van der Waals surface area contributed by atoms with Gasteiger partial charge in [0.15, 0.2) is 0 Å². The molecule has 9 nitrogen and oxygen atoms in total. The predicted octanol–water partition coefficient (Wildman–Crippen LogP) is 6.12. The summed E-state index contributed by atoms with van der Waals surface area (Å²) in [6, 6.07) is 15.7. The molecule has 0 amide bonds. The zero-order chi connectivity index (χ0) is 31.4. The Labute approximate surface area is 246 Å². The fourth-order valence-corrected chi connectivity index (χ4v) is 4.43. The third-order valence-electron chi connectivity index (χ3n) is 6.35. The SMILES string of the molecule is CC(C)(C)c1nc(-c2ccnc(Nc3ccccc3)n2)c(-c2cccc(C(F)(F)F)c2)n1/C=C/[C@@H](O)C[C@@H](O)CC(=O)O. The van der Waals surface area contributed by atoms with Crippen LogP contribution in [0.5, 0.6) is 0 Å². The van der Waals surface area contributed by atoms with Crippen LogP contribution in [-0.4, -0.2) is 53.0 Å². The largest absolute Gasteiger partial charge is 0.481 e. The highest BCUT2D eigenvalue weighted by molar-refractivity contribution is 5.80. The predicted molar refractivity (Wildman–Crippen MR) is 156 cm³/mol. The van der Waals surface area contributed by atoms with Gasteiger partial charge < -0.3 is 25.2 Å². The normalized spacial score (nSPS) is 13.7. The van der Waals surface area contributed by atoms with Crippen molar-refractivity contribution in [3.05, 3.63) is 84.3 Å². The highest BCUT2D eigenvalue weighted by Gasteiger charge is 2.32. The van der Waals surface area contributed by atoms with Gasteiger partial charge in [0.05, 0.1) is 35.6 Å². The molecule has 2 aromatic carbocycles. The average molecular weight is 596 g/mol. The van der Waals surface area contributed by atoms with E-state index in [9.17, 15) is 28.2 Å². The number of aliphatic carboxylic acids is 1. The molecular formula is C31H32F3N5O4. The zero-order valence-electron chi connectivity index (χ0n) is 23.7. The summed E-state index contributed by atoms with van der Waals surface area (Å²) in [6.07, 6.45) is -3.62. The number of aliphatic hydroxyl groups excluding tert-OH is 2. The number of para-hydroxylation sites is 1. The zero-order valence-corrected chi connectivity index (χ0v) is 23.7. The van der Waals surface area contributed by atoms with Crippen molar-refractivity contribution in [3.8, 4) is 22.6 Å². The Balaban J connectivity index is 1.89. The Morgan fingerprint density at radius 3 is 2.40 bits per heavy atom. The molecule has 4 rings (SSSR count). The molecule has 12 heteroatoms. The summed E-state index contributed by atoms with van der Waals surface area (Å²) < 4.78 is 42.9. The van der Waals surface area contributed by atoms with Crippen LogP contribution in [0.1, 0.15) is 45.0 Å². The molecular weight excluding hydrogens is 563 g/mol. The van der Waals surface area contributed by atoms with Crippen LogP contribution in [0.2, 0.25) is 0 Å². The molecule has 0 spiro atoms. The van der Waals surface area contributed by atoms with Crippen molar-refractivity contribution in [2.24, 2.45) is 0 Å². The van der Waals surface area contributed by atoms with Gasteiger partial charge >= 0.3 is 12.1 Å². The summed E-state index contributed by atoms with van der Waals surface area (Å²) in [4.78, 5) is 24.7. The molecule has 0 saturated heterocycles. The van der Waals surface area contributed by atoms with E-state index in [1.807, 2.05) is 51.1 Å². The summed E-state index contributed by atoms with van der Waals surface area (Å²) in [5.74, 6) is -0.500. The molecule has 0 bridgehead atoms. The Hall–Kier alpha value is -4.55. The van der Waals surface area contributed by atoms with Gasteiger partial charge in [-0.3, -0.25) is 4.79 Å². The molecule has 0 aliphatic carbocycles. The third-order valence-corrected chi connectivity index (χ3v) is 6.35. The van der Waals surface area contributed by atoms with Crippen molar-refractivity contribution in [3.63, 3.8) is 0 Å². The number of nitrogens with one attached hydrogen (secondary N) is 1. The molecule has 43 heavy (non-hydrogen) atoms. The number of anilines is 2. The molecule has 0 aliphatic rings. The lowest BCUT2D eigenvalue weighted by Crippen LogP contribution is -2.20. The number of nitrogens with zero attached hydrogens (tertiary/aromatic N) is 4. The minimum atomic E-state index is -4.60. The third kappa shape index (κ3) is 8.05. The van der Waals surface area contributed by atoms with Gasteiger partial charge in [0.1, 0.15) is 11.5 Å². The Bertz CT molecular complexity index is 1600. The van der Waals surface area contributed by atoms with Crippen LogP contribution in [0.25, 0.3) is 28.8 Å². The van der Waals surface area contributed by atoms with E-state index in [4.69, 9.17) is 10.1 Å². The molecule has 0 aliphatic heterocycles. The topological polar surface area (TPSA) is 133 Å². The summed E-state index contributed by atoms with van der Waals surface area (Å²) in [7, 11) is 0. The molecule has 2 atom stereocenters. The second kappa shape index (κ2) is 12.8. The van der Waals surface area contributed by atoms with Crippen LogP contribution >= 0.6 is 0 Å². The second-order valence-electron chi connectivity index (χ2n) is 11.0. The van der Waals surface area contributed by atoms with Crippen LogP contribution in [0.4, 0.5) is 24.8 Å². The number of halogens is 3. The first-order chi connectivity index (χ1) is 20.2. The maximum Gasteiger partial charge on any atom is 0.416 e. The van der Waals surface area contributed by atoms with Crippen LogP contribution < -0.4 is 5.32 Å². The van der Waals surface area contributed by atoms with Crippen LogP contribution in [-0.2, 0) is 16.4 Å². The maximum atomic E-state index is 13.8. The average Bonchev–Trinajstić information content (AvgIpc) is 3.32. The standard InChI is InChI=1S/C31H32F3N5O4/c1-30(2,3)28-38-26(24-12-14-35-29(37-24)36-21-10-5-4-6-11-21)27(19-8-7-9-20(16-19)31(32,33)34)39(28)15-13-22(40)17-23(41)18-25(42)43/h4-16,22-23,40-41H,17-18H2,1-3H3,(H,42,43)(H,35,36,37)/b15-13+/t22-,23-/m1/s1. The number of carboxylic acids is 1. The van der Waals surface area contributed by atoms with E-state index < -0.39 is 41.8 Å². The fourth-order valence-electron chi connectivity index (χ4n) is 4.43. The summed E-state index contributed by atoms with van der Waals surface area (Å²) >= 11 is 0. The van der Waals surface area contributed by atoms with Crippen LogP contribution in [0.15, 0.2) is 72.9 Å². The smallest absolute Gasteiger partial charge is 0.416 e. The highest BCUT2D eigenvalue weighted by Crippen LogP contribution is 2.39. The molecule has 0 fully saturated rings. The van der Waals surface area contributed by atoms with Crippen molar-refractivity contribution < 1.29 is 33.3 Å². The van der Waals surface area contributed by atoms with E-state index in [0.717, 1.165) is 17.8 Å². The first-order valence-corrected chi connectivity index (χ1v) is 13.4. The van der Waals surface area contributed by atoms with Gasteiger partial charge in [-0.05, 0) is 36.4 Å². The molecule has 4 aromatic rings. The van der Waals surface area contributed by atoms with Gasteiger partial charge in [-0.25, -0.2) is 15.0 Å². The van der Waals surface area contributed by atoms with E-state index in [1.165, 1.54) is 30.6 Å². The number of aliphatic hydroxyl groups is 2. The number of alkyl halides is 3. The van der Waals surface area contributed by atoms with E-state index in [-0.39, 0.29) is 29.3 Å². The lowest BCUT2D eigenvalue weighted by Gasteiger charge is -2.20. The van der Waals surface area contributed by atoms with E-state index in [0.29, 0.717) is 11.5 Å². The lowest BCUT2D eigenvalue weighted by molar-refractivity contribution is -0.139. The summed E-state index contributed by atoms with van der Waals surface area (Å²) in [5, 5.41) is 32.5. The Kier molecular flexibility index (Phi) is 9.31. The minimum absolute atomic E-state index is 0.203. The molecule has 4 N–H and O–H groups in total. The number of carbonyl (C=O) groups is 1. The van der Waals surface area contributed by atoms with Gasteiger partial charge in [-0.2, -0.15) is 13.2 Å². The Morgan fingerprint density at radius 2 is 1.74 bits per heavy atom. The lowest BCUT2D eigenvalue weighted by atomic mass is 9.95. The number of carboxylic acid groups (broad SMARTS) is 1. The molecule has 0 saturated carbocycles. The van der Waals surface area contributed by atoms with Crippen LogP contribution in [0, 0.1) is 0 Å². The maximum absolute atomic E-state index is 13.8. The molecule has 226 valence electrons. The number of aromatic nitrogens is 4. The quantitative estimate of drug-likeness (QED) is 0.172. The van der Waals surface area contributed by atoms with Crippen molar-refractivity contribution in [1.29, 1.82) is 0 Å². The van der Waals surface area contributed by atoms with Crippen molar-refractivity contribution >= 4 is 23.8 Å². The van der Waals surface area contributed by atoms with Gasteiger partial charge in [-0.1, -0.05) is 51.1 Å². The van der Waals surface area contributed by atoms with E-state index in [1.54, 1.807) is 10.6 Å². The molecule has 0 unspecified atom stereocenters. The molecule has 2 heterocycles. The summed E-state index contributed by atoms with van der Waals surface area (Å²) in [5.41, 5.74) is 0.384. The van der Waals surface area contributed by atoms with Gasteiger partial charge in [0.2, 0.25) is 5.95 Å². The number of rotatable bonds is 10. The summed E-state index contributed by atoms with van der Waals surface area (Å²) in [6.45, 7) is 5.65. The number of benzene rings is 2. The first kappa shape index (κ1) is 31.4. The second-order valence-corrected chi connectivity index (χ2v) is 11.0. The van der Waals surface area contributed by atoms with Crippen molar-refractivity contribution in [2.45, 2.75) is 57.4 Å². The number of imidazole rings is 1. The fraction of sp³-hybridized carbons (Fsp3) is 0.290. The highest BCUT2D eigenvalue weighted by atomic mass is 19.4. The first-order valence-electron chi connectivity index (χ1n) is 13.4. The van der Waals surface area contributed by atoms with Gasteiger partial charge in [0.25, 0.3) is 0 Å². The molecule has 2 aromatic heterocycles. The van der Waals surface area contributed by atoms with Crippen molar-refractivity contribution in [2.75, 3.05) is 5.32 Å². The Morgan fingerprint density at radius 1 is 1.02 bits per heavy atom. The monoisotopic (exact) mass is 595 g/mol. The van der Waals surface area contributed by atoms with E-state index in [2.05, 4.69) is 15.3 Å². The van der Waals surface area contributed by atoms with E-state index >= 15 is 0 Å².